The molecule has 0 unspecified atom stereocenters. The van der Waals surface area contributed by atoms with Crippen LogP contribution in [0.4, 0.5) is 11.4 Å². The summed E-state index contributed by atoms with van der Waals surface area (Å²) in [6.07, 6.45) is 3.46. The van der Waals surface area contributed by atoms with Crippen LogP contribution in [-0.2, 0) is 10.0 Å². The number of carbonyl (C=O) groups excluding carboxylic acids is 1. The number of nitro groups is 1. The molecule has 10 nitrogen and oxygen atoms in total. The molecule has 1 heterocycles. The van der Waals surface area contributed by atoms with Gasteiger partial charge < -0.3 is 15.0 Å². The average Bonchev–Trinajstić information content (AvgIpc) is 2.97. The summed E-state index contributed by atoms with van der Waals surface area (Å²) in [5, 5.41) is 13.6. The second kappa shape index (κ2) is 9.77. The maximum atomic E-state index is 12.9. The minimum atomic E-state index is -3.98. The summed E-state index contributed by atoms with van der Waals surface area (Å²) >= 11 is 0. The number of ether oxygens (including phenoxy) is 1. The van der Waals surface area contributed by atoms with Gasteiger partial charge in [-0.25, -0.2) is 0 Å². The van der Waals surface area contributed by atoms with Crippen molar-refractivity contribution in [1.82, 2.24) is 4.90 Å². The molecule has 1 aliphatic rings. The molecule has 0 aliphatic carbocycles. The Morgan fingerprint density at radius 2 is 1.97 bits per heavy atom. The van der Waals surface area contributed by atoms with Crippen molar-refractivity contribution in [2.24, 2.45) is 4.40 Å². The fourth-order valence-corrected chi connectivity index (χ4v) is 4.50. The number of hydrogen-bond donors (Lipinski definition) is 1. The van der Waals surface area contributed by atoms with Gasteiger partial charge in [0.2, 0.25) is 0 Å². The number of likely N-dealkylation sites (tertiary alicyclic amines) is 1. The third-order valence-electron chi connectivity index (χ3n) is 5.09. The van der Waals surface area contributed by atoms with Crippen LogP contribution in [0.3, 0.4) is 0 Å². The van der Waals surface area contributed by atoms with Gasteiger partial charge in [0.25, 0.3) is 21.6 Å². The zero-order valence-corrected chi connectivity index (χ0v) is 18.6. The lowest BCUT2D eigenvalue weighted by molar-refractivity contribution is -0.384. The first-order valence-electron chi connectivity index (χ1n) is 10.00. The normalized spacial score (nSPS) is 15.8. The van der Waals surface area contributed by atoms with Gasteiger partial charge in [0.05, 0.1) is 22.5 Å². The van der Waals surface area contributed by atoms with E-state index in [1.54, 1.807) is 0 Å². The lowest BCUT2D eigenvalue weighted by atomic mass is 10.1. The first-order valence-corrected chi connectivity index (χ1v) is 11.4. The maximum absolute atomic E-state index is 12.9. The average molecular weight is 461 g/mol. The second-order valence-corrected chi connectivity index (χ2v) is 8.94. The first kappa shape index (κ1) is 23.2. The molecule has 0 aromatic heterocycles. The Morgan fingerprint density at radius 3 is 2.69 bits per heavy atom. The number of non-ortho nitro benzene ring substituents is 1. The minimum absolute atomic E-state index is 0.0460. The monoisotopic (exact) mass is 460 g/mol. The van der Waals surface area contributed by atoms with E-state index in [0.29, 0.717) is 12.3 Å². The number of rotatable bonds is 6. The number of anilines is 1. The Labute approximate surface area is 186 Å². The molecule has 32 heavy (non-hydrogen) atoms. The Kier molecular flexibility index (Phi) is 7.08. The molecule has 0 atom stereocenters. The van der Waals surface area contributed by atoms with Crippen LogP contribution in [0.15, 0.2) is 51.8 Å². The number of benzene rings is 2. The van der Waals surface area contributed by atoms with Crippen molar-refractivity contribution in [3.63, 3.8) is 0 Å². The van der Waals surface area contributed by atoms with Crippen LogP contribution < -0.4 is 10.1 Å². The standard InChI is InChI=1S/C21H24N4O6S/c1-24-12-5-3-4-9-20(24)23-32(29,30)17-8-6-7-15(13-17)22-21(26)18-14-16(25(27)28)10-11-19(18)31-2/h6-8,10-11,13-14H,3-5,9,12H2,1-2H3,(H,22,26). The number of methoxy groups -OCH3 is 1. The summed E-state index contributed by atoms with van der Waals surface area (Å²) in [4.78, 5) is 24.9. The van der Waals surface area contributed by atoms with Gasteiger partial charge in [-0.1, -0.05) is 12.5 Å². The fourth-order valence-electron chi connectivity index (χ4n) is 3.36. The molecule has 1 amide bonds. The zero-order chi connectivity index (χ0) is 23.3. The quantitative estimate of drug-likeness (QED) is 0.516. The number of nitrogens with one attached hydrogen (secondary N) is 1. The lowest BCUT2D eigenvalue weighted by Gasteiger charge is -2.17. The SMILES string of the molecule is COc1ccc([N+](=O)[O-])cc1C(=O)Nc1cccc(S(=O)(=O)N=C2CCCCCN2C)c1. The fraction of sp³-hybridized carbons (Fsp3) is 0.333. The molecule has 1 N–H and O–H groups in total. The highest BCUT2D eigenvalue weighted by atomic mass is 32.2. The maximum Gasteiger partial charge on any atom is 0.284 e. The topological polar surface area (TPSA) is 131 Å². The molecule has 1 saturated heterocycles. The molecule has 3 rings (SSSR count). The van der Waals surface area contributed by atoms with E-state index in [1.165, 1.54) is 43.5 Å². The van der Waals surface area contributed by atoms with Crippen molar-refractivity contribution >= 4 is 33.1 Å². The van der Waals surface area contributed by atoms with Crippen LogP contribution in [0.1, 0.15) is 36.0 Å². The van der Waals surface area contributed by atoms with Gasteiger partial charge in [0, 0.05) is 37.8 Å². The number of hydrogen-bond acceptors (Lipinski definition) is 6. The Balaban J connectivity index is 1.87. The van der Waals surface area contributed by atoms with Crippen LogP contribution in [0.5, 0.6) is 5.75 Å². The van der Waals surface area contributed by atoms with E-state index in [0.717, 1.165) is 31.9 Å². The highest BCUT2D eigenvalue weighted by Gasteiger charge is 2.21. The summed E-state index contributed by atoms with van der Waals surface area (Å²) < 4.78 is 34.9. The third kappa shape index (κ3) is 5.41. The summed E-state index contributed by atoms with van der Waals surface area (Å²) in [5.41, 5.74) is -0.107. The highest BCUT2D eigenvalue weighted by Crippen LogP contribution is 2.26. The summed E-state index contributed by atoms with van der Waals surface area (Å²) in [6.45, 7) is 0.746. The smallest absolute Gasteiger partial charge is 0.284 e. The van der Waals surface area contributed by atoms with Gasteiger partial charge in [-0.3, -0.25) is 14.9 Å². The van der Waals surface area contributed by atoms with Crippen molar-refractivity contribution in [2.45, 2.75) is 30.6 Å². The Hall–Kier alpha value is -3.47. The van der Waals surface area contributed by atoms with E-state index in [1.807, 2.05) is 11.9 Å². The van der Waals surface area contributed by atoms with E-state index in [9.17, 15) is 23.3 Å². The van der Waals surface area contributed by atoms with Crippen molar-refractivity contribution in [3.8, 4) is 5.75 Å². The van der Waals surface area contributed by atoms with E-state index >= 15 is 0 Å². The van der Waals surface area contributed by atoms with Crippen LogP contribution >= 0.6 is 0 Å². The molecule has 1 fully saturated rings. The van der Waals surface area contributed by atoms with Crippen LogP contribution in [0, 0.1) is 10.1 Å². The lowest BCUT2D eigenvalue weighted by Crippen LogP contribution is -2.26. The summed E-state index contributed by atoms with van der Waals surface area (Å²) in [7, 11) is -0.817. The first-order chi connectivity index (χ1) is 15.2. The van der Waals surface area contributed by atoms with Gasteiger partial charge in [-0.2, -0.15) is 8.42 Å². The molecule has 0 radical (unpaired) electrons. The van der Waals surface area contributed by atoms with E-state index in [-0.39, 0.29) is 27.6 Å². The molecule has 0 spiro atoms. The third-order valence-corrected chi connectivity index (χ3v) is 6.39. The van der Waals surface area contributed by atoms with Gasteiger partial charge in [-0.15, -0.1) is 4.40 Å². The van der Waals surface area contributed by atoms with Crippen LogP contribution in [0.25, 0.3) is 0 Å². The van der Waals surface area contributed by atoms with Gasteiger partial charge >= 0.3 is 0 Å². The number of sulfonamides is 1. The number of nitro benzene ring substituents is 1. The molecule has 11 heteroatoms. The van der Waals surface area contributed by atoms with Crippen molar-refractivity contribution < 1.29 is 22.9 Å². The Morgan fingerprint density at radius 1 is 1.19 bits per heavy atom. The van der Waals surface area contributed by atoms with Crippen LogP contribution in [0.2, 0.25) is 0 Å². The summed E-state index contributed by atoms with van der Waals surface area (Å²) in [5.74, 6) is -0.00661. The zero-order valence-electron chi connectivity index (χ0n) is 17.8. The predicted octanol–water partition coefficient (Wildman–Crippen LogP) is 3.45. The number of carbonyl (C=O) groups is 1. The van der Waals surface area contributed by atoms with E-state index < -0.39 is 20.9 Å². The van der Waals surface area contributed by atoms with Gasteiger partial charge in [-0.05, 0) is 37.1 Å². The Bertz CT molecular complexity index is 1160. The van der Waals surface area contributed by atoms with Gasteiger partial charge in [0.15, 0.2) is 0 Å². The highest BCUT2D eigenvalue weighted by molar-refractivity contribution is 7.90. The number of amidine groups is 1. The van der Waals surface area contributed by atoms with Gasteiger partial charge in [0.1, 0.15) is 11.6 Å². The largest absolute Gasteiger partial charge is 0.496 e. The van der Waals surface area contributed by atoms with E-state index in [4.69, 9.17) is 4.74 Å². The molecular formula is C21H24N4O6S. The molecule has 1 aliphatic heterocycles. The van der Waals surface area contributed by atoms with Crippen LogP contribution in [-0.4, -0.2) is 50.7 Å². The second-order valence-electron chi connectivity index (χ2n) is 7.34. The molecule has 0 saturated carbocycles. The number of nitrogens with zero attached hydrogens (tertiary/aromatic N) is 3. The number of amides is 1. The van der Waals surface area contributed by atoms with Crippen molar-refractivity contribution in [3.05, 3.63) is 58.1 Å². The summed E-state index contributed by atoms with van der Waals surface area (Å²) in [6, 6.07) is 9.37. The molecule has 2 aromatic rings. The molecule has 0 bridgehead atoms. The molecule has 170 valence electrons. The van der Waals surface area contributed by atoms with E-state index in [2.05, 4.69) is 9.71 Å². The molecule has 2 aromatic carbocycles. The predicted molar refractivity (Wildman–Crippen MR) is 120 cm³/mol. The van der Waals surface area contributed by atoms with Crippen molar-refractivity contribution in [2.75, 3.05) is 26.0 Å². The molecular weight excluding hydrogens is 436 g/mol. The minimum Gasteiger partial charge on any atom is -0.496 e. The van der Waals surface area contributed by atoms with Crippen molar-refractivity contribution in [1.29, 1.82) is 0 Å².